The largest absolute Gasteiger partial charge is 0.480 e. The van der Waals surface area contributed by atoms with Gasteiger partial charge in [-0.2, -0.15) is 0 Å². The van der Waals surface area contributed by atoms with Crippen molar-refractivity contribution in [3.05, 3.63) is 0 Å². The van der Waals surface area contributed by atoms with Crippen LogP contribution in [0.4, 0.5) is 0 Å². The molecule has 4 N–H and O–H groups in total. The third kappa shape index (κ3) is 6.91. The van der Waals surface area contributed by atoms with Crippen molar-refractivity contribution in [1.29, 1.82) is 0 Å². The zero-order chi connectivity index (χ0) is 10.3. The second kappa shape index (κ2) is 6.09. The summed E-state index contributed by atoms with van der Waals surface area (Å²) in [6, 6.07) is 0. The second-order valence-corrected chi connectivity index (χ2v) is 2.10. The molecule has 0 rings (SSSR count). The van der Waals surface area contributed by atoms with Crippen molar-refractivity contribution < 1.29 is 24.6 Å². The Labute approximate surface area is 73.7 Å². The molecule has 0 atom stereocenters. The molecule has 0 aromatic carbocycles. The first kappa shape index (κ1) is 11.5. The van der Waals surface area contributed by atoms with Crippen LogP contribution >= 0.6 is 0 Å². The number of hydrogen-bond acceptors (Lipinski definition) is 5. The monoisotopic (exact) mass is 189 g/mol. The summed E-state index contributed by atoms with van der Waals surface area (Å²) in [6.45, 7) is -0.876. The van der Waals surface area contributed by atoms with E-state index in [1.807, 2.05) is 0 Å². The summed E-state index contributed by atoms with van der Waals surface area (Å²) in [6.07, 6.45) is 0.337. The van der Waals surface area contributed by atoms with Gasteiger partial charge < -0.3 is 10.2 Å². The first-order valence-electron chi connectivity index (χ1n) is 3.34. The maximum absolute atomic E-state index is 10.1. The predicted octanol–water partition coefficient (Wildman–Crippen LogP) is -2.23. The van der Waals surface area contributed by atoms with Crippen LogP contribution in [0.2, 0.25) is 0 Å². The van der Waals surface area contributed by atoms with Crippen molar-refractivity contribution in [2.75, 3.05) is 13.1 Å². The molecule has 0 aromatic heterocycles. The van der Waals surface area contributed by atoms with Crippen LogP contribution in [0.25, 0.3) is 0 Å². The standard InChI is InChI=1S/C6H9N2O5/c9-3-4(7-1-5(10)11)8-2-6(12)13/h4,7-8H,1-2H2,(H,10,11)(H,12,13). The normalized spacial score (nSPS) is 9.92. The highest BCUT2D eigenvalue weighted by atomic mass is 16.4. The minimum atomic E-state index is -1.14. The first-order chi connectivity index (χ1) is 6.06. The molecule has 0 saturated carbocycles. The molecule has 0 bridgehead atoms. The third-order valence-corrected chi connectivity index (χ3v) is 1.03. The zero-order valence-corrected chi connectivity index (χ0v) is 6.61. The quantitative estimate of drug-likeness (QED) is 0.335. The summed E-state index contributed by atoms with van der Waals surface area (Å²) in [5.74, 6) is -2.28. The van der Waals surface area contributed by atoms with Crippen molar-refractivity contribution in [3.63, 3.8) is 0 Å². The fraction of sp³-hybridized carbons (Fsp3) is 0.500. The molecule has 0 unspecified atom stereocenters. The molecule has 73 valence electrons. The van der Waals surface area contributed by atoms with E-state index < -0.39 is 31.2 Å². The van der Waals surface area contributed by atoms with Gasteiger partial charge in [-0.25, -0.2) is 0 Å². The molecule has 0 aliphatic rings. The molecular weight excluding hydrogens is 180 g/mol. The smallest absolute Gasteiger partial charge is 0.317 e. The Balaban J connectivity index is 3.69. The van der Waals surface area contributed by atoms with Gasteiger partial charge in [-0.15, -0.1) is 0 Å². The van der Waals surface area contributed by atoms with E-state index in [2.05, 4.69) is 10.6 Å². The van der Waals surface area contributed by atoms with Gasteiger partial charge in [-0.1, -0.05) is 0 Å². The molecular formula is C6H9N2O5. The highest BCUT2D eigenvalue weighted by molar-refractivity contribution is 5.71. The Morgan fingerprint density at radius 2 is 1.54 bits per heavy atom. The highest BCUT2D eigenvalue weighted by Crippen LogP contribution is 1.72. The van der Waals surface area contributed by atoms with Crippen LogP contribution in [-0.2, 0) is 14.4 Å². The van der Waals surface area contributed by atoms with Crippen LogP contribution in [0, 0.1) is 0 Å². The van der Waals surface area contributed by atoms with Gasteiger partial charge in [0.15, 0.2) is 0 Å². The molecule has 0 aliphatic carbocycles. The number of aliphatic carboxylic acids is 2. The maximum atomic E-state index is 10.1. The number of rotatable bonds is 7. The Bertz CT molecular complexity index is 187. The average molecular weight is 189 g/mol. The minimum absolute atomic E-state index is 0.438. The van der Waals surface area contributed by atoms with E-state index in [4.69, 9.17) is 10.2 Å². The molecule has 1 radical (unpaired) electrons. The Morgan fingerprint density at radius 1 is 1.15 bits per heavy atom. The third-order valence-electron chi connectivity index (χ3n) is 1.03. The summed E-state index contributed by atoms with van der Waals surface area (Å²) in [4.78, 5) is 30.1. The van der Waals surface area contributed by atoms with Crippen LogP contribution in [-0.4, -0.2) is 47.7 Å². The number of carboxylic acid groups (broad SMARTS) is 2. The molecule has 0 saturated heterocycles. The van der Waals surface area contributed by atoms with E-state index in [1.54, 1.807) is 0 Å². The van der Waals surface area contributed by atoms with Crippen molar-refractivity contribution in [2.45, 2.75) is 6.17 Å². The van der Waals surface area contributed by atoms with Gasteiger partial charge in [0.05, 0.1) is 13.1 Å². The van der Waals surface area contributed by atoms with Crippen LogP contribution in [0.15, 0.2) is 0 Å². The van der Waals surface area contributed by atoms with E-state index >= 15 is 0 Å². The molecule has 7 heteroatoms. The highest BCUT2D eigenvalue weighted by Gasteiger charge is 2.09. The van der Waals surface area contributed by atoms with E-state index in [0.717, 1.165) is 0 Å². The van der Waals surface area contributed by atoms with Gasteiger partial charge in [0.25, 0.3) is 0 Å². The lowest BCUT2D eigenvalue weighted by atomic mass is 10.5. The number of hydrogen-bond donors (Lipinski definition) is 4. The molecule has 0 spiro atoms. The van der Waals surface area contributed by atoms with Crippen molar-refractivity contribution >= 4 is 18.2 Å². The number of carbonyl (C=O) groups excluding carboxylic acids is 1. The zero-order valence-electron chi connectivity index (χ0n) is 6.61. The van der Waals surface area contributed by atoms with E-state index in [0.29, 0.717) is 0 Å². The fourth-order valence-corrected chi connectivity index (χ4v) is 0.534. The maximum Gasteiger partial charge on any atom is 0.317 e. The lowest BCUT2D eigenvalue weighted by Crippen LogP contribution is -2.47. The van der Waals surface area contributed by atoms with E-state index in [1.165, 1.54) is 6.29 Å². The van der Waals surface area contributed by atoms with Crippen LogP contribution in [0.1, 0.15) is 0 Å². The molecule has 13 heavy (non-hydrogen) atoms. The summed E-state index contributed by atoms with van der Waals surface area (Å²) >= 11 is 0. The summed E-state index contributed by atoms with van der Waals surface area (Å²) in [5, 5.41) is 20.9. The van der Waals surface area contributed by atoms with Gasteiger partial charge in [-0.3, -0.25) is 25.0 Å². The van der Waals surface area contributed by atoms with Gasteiger partial charge in [-0.05, 0) is 0 Å². The summed E-state index contributed by atoms with van der Waals surface area (Å²) in [5.41, 5.74) is 0. The van der Waals surface area contributed by atoms with Gasteiger partial charge >= 0.3 is 11.9 Å². The molecule has 0 heterocycles. The Hall–Kier alpha value is -1.47. The second-order valence-electron chi connectivity index (χ2n) is 2.10. The van der Waals surface area contributed by atoms with Crippen molar-refractivity contribution in [2.24, 2.45) is 0 Å². The first-order valence-corrected chi connectivity index (χ1v) is 3.34. The average Bonchev–Trinajstić information content (AvgIpc) is 2.04. The fourth-order valence-electron chi connectivity index (χ4n) is 0.534. The lowest BCUT2D eigenvalue weighted by Gasteiger charge is -2.09. The SMILES string of the molecule is O=[C]C(NCC(=O)O)NCC(=O)O. The Morgan fingerprint density at radius 3 is 1.77 bits per heavy atom. The predicted molar refractivity (Wildman–Crippen MR) is 40.8 cm³/mol. The Kier molecular flexibility index (Phi) is 5.40. The molecule has 0 amide bonds. The van der Waals surface area contributed by atoms with Crippen molar-refractivity contribution in [1.82, 2.24) is 10.6 Å². The minimum Gasteiger partial charge on any atom is -0.480 e. The number of carboxylic acids is 2. The number of nitrogens with one attached hydrogen (secondary N) is 2. The summed E-state index contributed by atoms with van der Waals surface area (Å²) in [7, 11) is 0. The molecule has 0 aliphatic heterocycles. The van der Waals surface area contributed by atoms with Crippen LogP contribution in [0.3, 0.4) is 0 Å². The number of carbonyl (C=O) groups is 2. The summed E-state index contributed by atoms with van der Waals surface area (Å²) < 4.78 is 0. The van der Waals surface area contributed by atoms with Gasteiger partial charge in [0, 0.05) is 0 Å². The van der Waals surface area contributed by atoms with Crippen molar-refractivity contribution in [3.8, 4) is 0 Å². The molecule has 0 aromatic rings. The van der Waals surface area contributed by atoms with E-state index in [9.17, 15) is 14.4 Å². The molecule has 0 fully saturated rings. The van der Waals surface area contributed by atoms with Crippen LogP contribution in [0.5, 0.6) is 0 Å². The van der Waals surface area contributed by atoms with E-state index in [-0.39, 0.29) is 0 Å². The lowest BCUT2D eigenvalue weighted by molar-refractivity contribution is -0.136. The van der Waals surface area contributed by atoms with Gasteiger partial charge in [0.1, 0.15) is 6.17 Å². The molecule has 7 nitrogen and oxygen atoms in total. The van der Waals surface area contributed by atoms with Crippen LogP contribution < -0.4 is 10.6 Å². The van der Waals surface area contributed by atoms with Gasteiger partial charge in [0.2, 0.25) is 6.29 Å². The topological polar surface area (TPSA) is 116 Å².